The number of halogens is 1. The van der Waals surface area contributed by atoms with E-state index in [0.717, 1.165) is 38.1 Å². The van der Waals surface area contributed by atoms with Gasteiger partial charge in [-0.15, -0.1) is 12.4 Å². The van der Waals surface area contributed by atoms with Crippen LogP contribution in [0.3, 0.4) is 0 Å². The smallest absolute Gasteiger partial charge is 0.236 e. The summed E-state index contributed by atoms with van der Waals surface area (Å²) in [7, 11) is 1.68. The van der Waals surface area contributed by atoms with Crippen LogP contribution in [0.15, 0.2) is 24.3 Å². The van der Waals surface area contributed by atoms with Gasteiger partial charge in [0, 0.05) is 31.4 Å². The second-order valence-electron chi connectivity index (χ2n) is 5.94. The molecule has 5 nitrogen and oxygen atoms in total. The van der Waals surface area contributed by atoms with E-state index in [1.54, 1.807) is 7.11 Å². The van der Waals surface area contributed by atoms with Crippen molar-refractivity contribution in [2.45, 2.75) is 32.2 Å². The molecule has 0 radical (unpaired) electrons. The summed E-state index contributed by atoms with van der Waals surface area (Å²) in [6.07, 6.45) is 2.76. The van der Waals surface area contributed by atoms with Crippen molar-refractivity contribution in [2.24, 2.45) is 11.7 Å². The monoisotopic (exact) mass is 341 g/mol. The lowest BCUT2D eigenvalue weighted by Gasteiger charge is -2.20. The largest absolute Gasteiger partial charge is 0.497 e. The number of carbonyl (C=O) groups is 1. The fourth-order valence-corrected chi connectivity index (χ4v) is 2.86. The van der Waals surface area contributed by atoms with Gasteiger partial charge in [-0.05, 0) is 30.9 Å². The number of methoxy groups -OCH3 is 1. The maximum Gasteiger partial charge on any atom is 0.236 e. The number of hydrogen-bond acceptors (Lipinski definition) is 4. The second kappa shape index (κ2) is 9.63. The quantitative estimate of drug-likeness (QED) is 0.797. The van der Waals surface area contributed by atoms with Gasteiger partial charge in [0.2, 0.25) is 5.91 Å². The highest BCUT2D eigenvalue weighted by Gasteiger charge is 2.24. The van der Waals surface area contributed by atoms with E-state index in [-0.39, 0.29) is 24.4 Å². The summed E-state index contributed by atoms with van der Waals surface area (Å²) < 4.78 is 5.27. The van der Waals surface area contributed by atoms with Gasteiger partial charge in [0.25, 0.3) is 0 Å². The van der Waals surface area contributed by atoms with E-state index in [4.69, 9.17) is 10.5 Å². The van der Waals surface area contributed by atoms with Gasteiger partial charge in [-0.2, -0.15) is 0 Å². The van der Waals surface area contributed by atoms with Gasteiger partial charge in [0.1, 0.15) is 5.75 Å². The van der Waals surface area contributed by atoms with Crippen molar-refractivity contribution in [3.8, 4) is 5.75 Å². The van der Waals surface area contributed by atoms with E-state index in [1.807, 2.05) is 19.1 Å². The number of anilines is 1. The Kier molecular flexibility index (Phi) is 8.20. The van der Waals surface area contributed by atoms with Gasteiger partial charge in [0.15, 0.2) is 0 Å². The molecule has 1 fully saturated rings. The van der Waals surface area contributed by atoms with E-state index in [9.17, 15) is 4.79 Å². The van der Waals surface area contributed by atoms with Gasteiger partial charge < -0.3 is 20.7 Å². The lowest BCUT2D eigenvalue weighted by Crippen LogP contribution is -2.42. The molecule has 2 rings (SSSR count). The highest BCUT2D eigenvalue weighted by Crippen LogP contribution is 2.26. The predicted molar refractivity (Wildman–Crippen MR) is 96.5 cm³/mol. The van der Waals surface area contributed by atoms with Crippen LogP contribution >= 0.6 is 12.4 Å². The fraction of sp³-hybridized carbons (Fsp3) is 0.588. The number of amides is 1. The number of hydrogen-bond donors (Lipinski definition) is 2. The fourth-order valence-electron chi connectivity index (χ4n) is 2.86. The molecule has 1 saturated heterocycles. The first kappa shape index (κ1) is 19.6. The van der Waals surface area contributed by atoms with Gasteiger partial charge in [-0.25, -0.2) is 0 Å². The highest BCUT2D eigenvalue weighted by molar-refractivity contribution is 5.85. The minimum atomic E-state index is -0.374. The molecule has 0 spiro atoms. The Bertz CT molecular complexity index is 498. The summed E-state index contributed by atoms with van der Waals surface area (Å²) in [6, 6.07) is 7.74. The number of nitrogens with two attached hydrogens (primary N) is 1. The summed E-state index contributed by atoms with van der Waals surface area (Å²) in [5, 5.41) is 2.99. The van der Waals surface area contributed by atoms with E-state index < -0.39 is 0 Å². The van der Waals surface area contributed by atoms with Crippen molar-refractivity contribution >= 4 is 24.0 Å². The number of rotatable bonds is 7. The number of ether oxygens (including phenoxy) is 1. The van der Waals surface area contributed by atoms with Crippen LogP contribution in [-0.2, 0) is 4.79 Å². The van der Waals surface area contributed by atoms with E-state index in [1.165, 1.54) is 5.69 Å². The molecular weight excluding hydrogens is 314 g/mol. The van der Waals surface area contributed by atoms with Crippen LogP contribution < -0.4 is 20.7 Å². The molecule has 2 atom stereocenters. The van der Waals surface area contributed by atoms with Crippen molar-refractivity contribution in [3.05, 3.63) is 24.3 Å². The Hall–Kier alpha value is -1.46. The molecule has 0 bridgehead atoms. The third-order valence-corrected chi connectivity index (χ3v) is 4.21. The molecular formula is C17H28ClN3O2. The molecule has 0 aliphatic carbocycles. The van der Waals surface area contributed by atoms with Gasteiger partial charge in [-0.3, -0.25) is 4.79 Å². The average Bonchev–Trinajstić information content (AvgIpc) is 3.02. The molecule has 1 heterocycles. The third kappa shape index (κ3) is 5.59. The molecule has 0 saturated carbocycles. The topological polar surface area (TPSA) is 67.6 Å². The lowest BCUT2D eigenvalue weighted by atomic mass is 10.1. The predicted octanol–water partition coefficient (Wildman–Crippen LogP) is 2.19. The summed E-state index contributed by atoms with van der Waals surface area (Å²) >= 11 is 0. The Balaban J connectivity index is 0.00000264. The molecule has 1 aromatic carbocycles. The molecule has 1 amide bonds. The average molecular weight is 342 g/mol. The number of benzene rings is 1. The van der Waals surface area contributed by atoms with Crippen LogP contribution in [-0.4, -0.2) is 38.7 Å². The Morgan fingerprint density at radius 3 is 3.00 bits per heavy atom. The Morgan fingerprint density at radius 2 is 2.30 bits per heavy atom. The first-order valence-electron chi connectivity index (χ1n) is 8.06. The Labute approximate surface area is 145 Å². The maximum absolute atomic E-state index is 11.9. The number of carbonyl (C=O) groups excluding carboxylic acids is 1. The standard InChI is InChI=1S/C17H27N3O2.ClH/c1-3-5-16(18)17(21)19-11-13-8-9-20(12-13)14-6-4-7-15(10-14)22-2;/h4,6-7,10,13,16H,3,5,8-9,11-12,18H2,1-2H3,(H,19,21);1H. The second-order valence-corrected chi connectivity index (χ2v) is 5.94. The van der Waals surface area contributed by atoms with Crippen LogP contribution in [0.4, 0.5) is 5.69 Å². The SMILES string of the molecule is CCCC(N)C(=O)NCC1CCN(c2cccc(OC)c2)C1.Cl. The van der Waals surface area contributed by atoms with Crippen LogP contribution in [0.5, 0.6) is 5.75 Å². The third-order valence-electron chi connectivity index (χ3n) is 4.21. The van der Waals surface area contributed by atoms with Crippen molar-refractivity contribution in [2.75, 3.05) is 31.6 Å². The van der Waals surface area contributed by atoms with Gasteiger partial charge in [0.05, 0.1) is 13.2 Å². The highest BCUT2D eigenvalue weighted by atomic mass is 35.5. The summed E-state index contributed by atoms with van der Waals surface area (Å²) in [4.78, 5) is 14.2. The van der Waals surface area contributed by atoms with Crippen molar-refractivity contribution in [1.82, 2.24) is 5.32 Å². The summed E-state index contributed by atoms with van der Waals surface area (Å²) in [6.45, 7) is 4.71. The molecule has 3 N–H and O–H groups in total. The molecule has 1 aromatic rings. The first-order chi connectivity index (χ1) is 10.6. The molecule has 130 valence electrons. The minimum absolute atomic E-state index is 0. The molecule has 1 aliphatic rings. The van der Waals surface area contributed by atoms with Crippen LogP contribution in [0, 0.1) is 5.92 Å². The zero-order valence-corrected chi connectivity index (χ0v) is 14.8. The molecule has 23 heavy (non-hydrogen) atoms. The number of nitrogens with zero attached hydrogens (tertiary/aromatic N) is 1. The van der Waals surface area contributed by atoms with Gasteiger partial charge >= 0.3 is 0 Å². The van der Waals surface area contributed by atoms with E-state index in [2.05, 4.69) is 22.3 Å². The van der Waals surface area contributed by atoms with Crippen molar-refractivity contribution in [3.63, 3.8) is 0 Å². The van der Waals surface area contributed by atoms with Gasteiger partial charge in [-0.1, -0.05) is 19.4 Å². The zero-order chi connectivity index (χ0) is 15.9. The van der Waals surface area contributed by atoms with Crippen molar-refractivity contribution in [1.29, 1.82) is 0 Å². The van der Waals surface area contributed by atoms with Crippen molar-refractivity contribution < 1.29 is 9.53 Å². The van der Waals surface area contributed by atoms with Crippen LogP contribution in [0.1, 0.15) is 26.2 Å². The Morgan fingerprint density at radius 1 is 1.52 bits per heavy atom. The van der Waals surface area contributed by atoms with E-state index >= 15 is 0 Å². The van der Waals surface area contributed by atoms with Crippen LogP contribution in [0.25, 0.3) is 0 Å². The molecule has 6 heteroatoms. The summed E-state index contributed by atoms with van der Waals surface area (Å²) in [5.74, 6) is 1.32. The maximum atomic E-state index is 11.9. The first-order valence-corrected chi connectivity index (χ1v) is 8.06. The molecule has 1 aliphatic heterocycles. The zero-order valence-electron chi connectivity index (χ0n) is 14.0. The lowest BCUT2D eigenvalue weighted by molar-refractivity contribution is -0.122. The number of nitrogens with one attached hydrogen (secondary N) is 1. The molecule has 0 aromatic heterocycles. The van der Waals surface area contributed by atoms with Crippen LogP contribution in [0.2, 0.25) is 0 Å². The minimum Gasteiger partial charge on any atom is -0.497 e. The molecule has 2 unspecified atom stereocenters. The van der Waals surface area contributed by atoms with E-state index in [0.29, 0.717) is 12.5 Å². The summed E-state index contributed by atoms with van der Waals surface area (Å²) in [5.41, 5.74) is 7.00. The normalized spacial score (nSPS) is 18.2.